The average molecular weight is 489 g/mol. The van der Waals surface area contributed by atoms with Crippen LogP contribution in [0.4, 0.5) is 5.69 Å². The highest BCUT2D eigenvalue weighted by Gasteiger charge is 2.34. The Kier molecular flexibility index (Phi) is 9.04. The Labute approximate surface area is 197 Å². The Morgan fingerprint density at radius 3 is 2.33 bits per heavy atom. The van der Waals surface area contributed by atoms with E-state index in [4.69, 9.17) is 51.8 Å². The summed E-state index contributed by atoms with van der Waals surface area (Å²) in [5.41, 5.74) is 4.13. The summed E-state index contributed by atoms with van der Waals surface area (Å²) in [6.45, 7) is 5.78. The van der Waals surface area contributed by atoms with Crippen molar-refractivity contribution in [2.24, 2.45) is 0 Å². The topological polar surface area (TPSA) is 62.4 Å². The molecule has 0 aromatic heterocycles. The highest BCUT2D eigenvalue weighted by atomic mass is 35.6. The van der Waals surface area contributed by atoms with Crippen molar-refractivity contribution in [2.75, 3.05) is 11.9 Å². The van der Waals surface area contributed by atoms with Gasteiger partial charge in [0.2, 0.25) is 3.79 Å². The molecule has 2 rings (SSSR count). The Bertz CT molecular complexity index is 886. The first-order valence-electron chi connectivity index (χ1n) is 9.31. The molecule has 1 amide bonds. The molecule has 5 nitrogen and oxygen atoms in total. The van der Waals surface area contributed by atoms with Crippen LogP contribution in [0.3, 0.4) is 0 Å². The lowest BCUT2D eigenvalue weighted by atomic mass is 10.1. The standard InChI is InChI=1S/C21H24Cl3N3O2S/c1-4-15-6-8-16(9-7-15)29-12-18(28)26-19(21(22,23)24)27-20(30)25-17-10-5-13(2)11-14(17)3/h5-11,19H,4,12H2,1-3H3,(H,26,28)(H2,25,27,30)/t19-/m0/s1. The van der Waals surface area contributed by atoms with Crippen LogP contribution in [0.25, 0.3) is 0 Å². The van der Waals surface area contributed by atoms with Crippen molar-refractivity contribution in [3.8, 4) is 5.75 Å². The van der Waals surface area contributed by atoms with E-state index in [1.165, 1.54) is 5.56 Å². The van der Waals surface area contributed by atoms with E-state index in [0.29, 0.717) is 5.75 Å². The zero-order valence-corrected chi connectivity index (χ0v) is 20.0. The summed E-state index contributed by atoms with van der Waals surface area (Å²) in [7, 11) is 0. The summed E-state index contributed by atoms with van der Waals surface area (Å²) in [4.78, 5) is 12.3. The first kappa shape index (κ1) is 24.5. The largest absolute Gasteiger partial charge is 0.484 e. The number of ether oxygens (including phenoxy) is 1. The van der Waals surface area contributed by atoms with Crippen LogP contribution in [0.2, 0.25) is 0 Å². The van der Waals surface area contributed by atoms with Crippen molar-refractivity contribution >= 4 is 63.7 Å². The second kappa shape index (κ2) is 11.0. The van der Waals surface area contributed by atoms with Crippen LogP contribution in [0, 0.1) is 13.8 Å². The summed E-state index contributed by atoms with van der Waals surface area (Å²) in [6.07, 6.45) is -0.139. The second-order valence-electron chi connectivity index (χ2n) is 6.75. The molecule has 0 aliphatic heterocycles. The molecular formula is C21H24Cl3N3O2S. The van der Waals surface area contributed by atoms with Gasteiger partial charge in [0.05, 0.1) is 0 Å². The van der Waals surface area contributed by atoms with Crippen LogP contribution in [0.5, 0.6) is 5.75 Å². The van der Waals surface area contributed by atoms with Gasteiger partial charge in [0.25, 0.3) is 5.91 Å². The van der Waals surface area contributed by atoms with E-state index in [0.717, 1.165) is 23.2 Å². The third-order valence-electron chi connectivity index (χ3n) is 4.24. The van der Waals surface area contributed by atoms with Gasteiger partial charge in [-0.25, -0.2) is 0 Å². The van der Waals surface area contributed by atoms with E-state index < -0.39 is 15.9 Å². The van der Waals surface area contributed by atoms with Crippen LogP contribution in [0.1, 0.15) is 23.6 Å². The number of rotatable bonds is 7. The number of alkyl halides is 3. The number of amides is 1. The lowest BCUT2D eigenvalue weighted by Crippen LogP contribution is -2.57. The Morgan fingerprint density at radius 2 is 1.77 bits per heavy atom. The second-order valence-corrected chi connectivity index (χ2v) is 9.52. The molecule has 0 saturated heterocycles. The van der Waals surface area contributed by atoms with E-state index in [-0.39, 0.29) is 11.7 Å². The monoisotopic (exact) mass is 487 g/mol. The van der Waals surface area contributed by atoms with Crippen LogP contribution < -0.4 is 20.7 Å². The van der Waals surface area contributed by atoms with Crippen molar-refractivity contribution in [1.82, 2.24) is 10.6 Å². The lowest BCUT2D eigenvalue weighted by molar-refractivity contribution is -0.123. The molecule has 162 valence electrons. The van der Waals surface area contributed by atoms with Crippen molar-refractivity contribution in [3.05, 3.63) is 59.2 Å². The maximum Gasteiger partial charge on any atom is 0.259 e. The number of halogens is 3. The molecule has 0 radical (unpaired) electrons. The third kappa shape index (κ3) is 7.84. The van der Waals surface area contributed by atoms with Crippen LogP contribution in [-0.2, 0) is 11.2 Å². The predicted octanol–water partition coefficient (Wildman–Crippen LogP) is 5.04. The number of nitrogens with one attached hydrogen (secondary N) is 3. The smallest absolute Gasteiger partial charge is 0.259 e. The molecule has 0 aliphatic carbocycles. The molecule has 0 spiro atoms. The van der Waals surface area contributed by atoms with E-state index in [1.807, 2.05) is 44.2 Å². The van der Waals surface area contributed by atoms with Gasteiger partial charge in [-0.15, -0.1) is 0 Å². The summed E-state index contributed by atoms with van der Waals surface area (Å²) in [5.74, 6) is 0.112. The zero-order valence-electron chi connectivity index (χ0n) is 16.9. The number of anilines is 1. The summed E-state index contributed by atoms with van der Waals surface area (Å²) < 4.78 is 3.65. The first-order chi connectivity index (χ1) is 14.1. The Hall–Kier alpha value is -1.73. The van der Waals surface area contributed by atoms with Gasteiger partial charge in [0.1, 0.15) is 11.9 Å². The van der Waals surface area contributed by atoms with Gasteiger partial charge in [0, 0.05) is 5.69 Å². The minimum absolute atomic E-state index is 0.203. The molecule has 0 saturated carbocycles. The van der Waals surface area contributed by atoms with Gasteiger partial charge in [-0.1, -0.05) is 71.6 Å². The number of benzene rings is 2. The summed E-state index contributed by atoms with van der Waals surface area (Å²) in [5, 5.41) is 8.67. The molecule has 9 heteroatoms. The van der Waals surface area contributed by atoms with Crippen molar-refractivity contribution in [1.29, 1.82) is 0 Å². The Balaban J connectivity index is 1.94. The van der Waals surface area contributed by atoms with Gasteiger partial charge >= 0.3 is 0 Å². The molecule has 2 aromatic carbocycles. The van der Waals surface area contributed by atoms with E-state index in [2.05, 4.69) is 22.9 Å². The van der Waals surface area contributed by atoms with Gasteiger partial charge in [-0.05, 0) is 61.8 Å². The molecule has 0 unspecified atom stereocenters. The molecule has 1 atom stereocenters. The fraction of sp³-hybridized carbons (Fsp3) is 0.333. The maximum absolute atomic E-state index is 12.3. The fourth-order valence-corrected chi connectivity index (χ4v) is 3.17. The van der Waals surface area contributed by atoms with Gasteiger partial charge in [-0.3, -0.25) is 4.79 Å². The van der Waals surface area contributed by atoms with Crippen molar-refractivity contribution < 1.29 is 9.53 Å². The highest BCUT2D eigenvalue weighted by Crippen LogP contribution is 2.29. The number of hydrogen-bond acceptors (Lipinski definition) is 3. The van der Waals surface area contributed by atoms with Crippen molar-refractivity contribution in [2.45, 2.75) is 37.2 Å². The molecule has 0 bridgehead atoms. The van der Waals surface area contributed by atoms with Crippen molar-refractivity contribution in [3.63, 3.8) is 0 Å². The molecule has 2 aromatic rings. The molecule has 3 N–H and O–H groups in total. The average Bonchev–Trinajstić information content (AvgIpc) is 2.67. The molecular weight excluding hydrogens is 465 g/mol. The van der Waals surface area contributed by atoms with E-state index >= 15 is 0 Å². The molecule has 30 heavy (non-hydrogen) atoms. The van der Waals surface area contributed by atoms with E-state index in [1.54, 1.807) is 12.1 Å². The quantitative estimate of drug-likeness (QED) is 0.289. The molecule has 0 aliphatic rings. The first-order valence-corrected chi connectivity index (χ1v) is 10.8. The van der Waals surface area contributed by atoms with Crippen LogP contribution in [-0.4, -0.2) is 27.6 Å². The number of carbonyl (C=O) groups is 1. The SMILES string of the molecule is CCc1ccc(OCC(=O)N[C@@H](NC(=S)Nc2ccc(C)cc2C)C(Cl)(Cl)Cl)cc1. The third-order valence-corrected chi connectivity index (χ3v) is 5.11. The van der Waals surface area contributed by atoms with Crippen LogP contribution in [0.15, 0.2) is 42.5 Å². The number of hydrogen-bond donors (Lipinski definition) is 3. The molecule has 0 fully saturated rings. The lowest BCUT2D eigenvalue weighted by Gasteiger charge is -2.28. The Morgan fingerprint density at radius 1 is 1.10 bits per heavy atom. The van der Waals surface area contributed by atoms with Gasteiger partial charge < -0.3 is 20.7 Å². The van der Waals surface area contributed by atoms with Gasteiger partial charge in [-0.2, -0.15) is 0 Å². The fourth-order valence-electron chi connectivity index (χ4n) is 2.62. The highest BCUT2D eigenvalue weighted by molar-refractivity contribution is 7.80. The zero-order chi connectivity index (χ0) is 22.3. The van der Waals surface area contributed by atoms with Gasteiger partial charge in [0.15, 0.2) is 11.7 Å². The number of thiocarbonyl (C=S) groups is 1. The minimum Gasteiger partial charge on any atom is -0.484 e. The maximum atomic E-state index is 12.3. The minimum atomic E-state index is -1.84. The van der Waals surface area contributed by atoms with Crippen LogP contribution >= 0.6 is 47.0 Å². The number of aryl methyl sites for hydroxylation is 3. The normalized spacial score (nSPS) is 12.1. The molecule has 0 heterocycles. The summed E-state index contributed by atoms with van der Waals surface area (Å²) in [6, 6.07) is 13.4. The number of carbonyl (C=O) groups excluding carboxylic acids is 1. The predicted molar refractivity (Wildman–Crippen MR) is 129 cm³/mol. The summed E-state index contributed by atoms with van der Waals surface area (Å²) >= 11 is 23.4. The van der Waals surface area contributed by atoms with E-state index in [9.17, 15) is 4.79 Å².